The molecule has 1 heterocycles. The van der Waals surface area contributed by atoms with Gasteiger partial charge in [0.2, 0.25) is 0 Å². The molecule has 1 aliphatic rings. The van der Waals surface area contributed by atoms with Crippen LogP contribution in [0.3, 0.4) is 0 Å². The van der Waals surface area contributed by atoms with Crippen LogP contribution in [0, 0.1) is 0 Å². The highest BCUT2D eigenvalue weighted by molar-refractivity contribution is 5.66. The average molecular weight is 306 g/mol. The largest absolute Gasteiger partial charge is 0.481 e. The fourth-order valence-electron chi connectivity index (χ4n) is 1.59. The summed E-state index contributed by atoms with van der Waals surface area (Å²) in [5.74, 6) is -0.659. The summed E-state index contributed by atoms with van der Waals surface area (Å²) in [5, 5.41) is 23.7. The van der Waals surface area contributed by atoms with Gasteiger partial charge in [0.15, 0.2) is 0 Å². The van der Waals surface area contributed by atoms with Crippen LogP contribution >= 0.6 is 0 Å². The smallest absolute Gasteiger partial charge is 0.303 e. The number of hydrogen-bond acceptors (Lipinski definition) is 4. The number of epoxide rings is 1. The highest BCUT2D eigenvalue weighted by atomic mass is 16.6. The van der Waals surface area contributed by atoms with Gasteiger partial charge >= 0.3 is 5.97 Å². The molecule has 128 valence electrons. The second-order valence-electron chi connectivity index (χ2n) is 5.03. The Hall–Kier alpha value is -0.650. The molecule has 0 amide bonds. The Bertz CT molecular complexity index is 190. The van der Waals surface area contributed by atoms with Crippen LogP contribution in [0.5, 0.6) is 0 Å². The Morgan fingerprint density at radius 2 is 1.24 bits per heavy atom. The molecule has 0 radical (unpaired) electrons. The number of unbranched alkanes of at least 4 members (excludes halogenated alkanes) is 8. The van der Waals surface area contributed by atoms with Gasteiger partial charge < -0.3 is 20.1 Å². The molecular weight excluding hydrogens is 272 g/mol. The molecule has 1 rings (SSSR count). The van der Waals surface area contributed by atoms with Crippen molar-refractivity contribution in [2.75, 3.05) is 26.4 Å². The van der Waals surface area contributed by atoms with Crippen LogP contribution in [0.2, 0.25) is 0 Å². The molecule has 0 bridgehead atoms. The number of hydrogen-bond donors (Lipinski definition) is 3. The molecule has 0 aromatic carbocycles. The van der Waals surface area contributed by atoms with E-state index in [4.69, 9.17) is 15.3 Å². The molecule has 21 heavy (non-hydrogen) atoms. The summed E-state index contributed by atoms with van der Waals surface area (Å²) in [6, 6.07) is 0. The lowest BCUT2D eigenvalue weighted by molar-refractivity contribution is -0.137. The summed E-state index contributed by atoms with van der Waals surface area (Å²) in [6.45, 7) is 3.98. The number of aliphatic hydroxyl groups is 2. The first kappa shape index (κ1) is 22.6. The quantitative estimate of drug-likeness (QED) is 0.403. The maximum Gasteiger partial charge on any atom is 0.303 e. The predicted octanol–water partition coefficient (Wildman–Crippen LogP) is 2.98. The molecule has 0 aliphatic carbocycles. The van der Waals surface area contributed by atoms with Gasteiger partial charge in [-0.1, -0.05) is 58.3 Å². The summed E-state index contributed by atoms with van der Waals surface area (Å²) >= 11 is 0. The first-order valence-corrected chi connectivity index (χ1v) is 8.20. The molecule has 0 saturated carbocycles. The van der Waals surface area contributed by atoms with Crippen LogP contribution < -0.4 is 0 Å². The molecule has 5 heteroatoms. The molecule has 1 saturated heterocycles. The van der Waals surface area contributed by atoms with Crippen molar-refractivity contribution in [1.29, 1.82) is 0 Å². The van der Waals surface area contributed by atoms with Gasteiger partial charge in [0.25, 0.3) is 0 Å². The molecule has 0 aromatic rings. The van der Waals surface area contributed by atoms with Crippen molar-refractivity contribution in [3.63, 3.8) is 0 Å². The lowest BCUT2D eigenvalue weighted by Gasteiger charge is -2.00. The molecule has 0 spiro atoms. The van der Waals surface area contributed by atoms with Crippen molar-refractivity contribution in [3.8, 4) is 0 Å². The monoisotopic (exact) mass is 306 g/mol. The number of carboxylic acid groups (broad SMARTS) is 1. The van der Waals surface area contributed by atoms with E-state index < -0.39 is 5.97 Å². The molecule has 1 fully saturated rings. The topological polar surface area (TPSA) is 90.3 Å². The maximum absolute atomic E-state index is 10.2. The SMILES string of the molecule is C1CO1.CCCCCCCCCCCC(=O)O.OCCO. The third kappa shape index (κ3) is 38.2. The zero-order chi connectivity index (χ0) is 16.2. The van der Waals surface area contributed by atoms with Crippen LogP contribution in [0.25, 0.3) is 0 Å². The van der Waals surface area contributed by atoms with Crippen LogP contribution in [0.15, 0.2) is 0 Å². The highest BCUT2D eigenvalue weighted by Crippen LogP contribution is 2.10. The molecule has 1 aliphatic heterocycles. The van der Waals surface area contributed by atoms with E-state index in [1.165, 1.54) is 44.9 Å². The first-order chi connectivity index (χ1) is 10.2. The Labute approximate surface area is 129 Å². The van der Waals surface area contributed by atoms with E-state index >= 15 is 0 Å². The third-order valence-corrected chi connectivity index (χ3v) is 2.80. The van der Waals surface area contributed by atoms with Gasteiger partial charge in [0.1, 0.15) is 0 Å². The van der Waals surface area contributed by atoms with Gasteiger partial charge in [-0.3, -0.25) is 4.79 Å². The average Bonchev–Trinajstić information content (AvgIpc) is 3.34. The Balaban J connectivity index is 0. The van der Waals surface area contributed by atoms with Crippen molar-refractivity contribution in [2.24, 2.45) is 0 Å². The minimum absolute atomic E-state index is 0.125. The summed E-state index contributed by atoms with van der Waals surface area (Å²) in [5.41, 5.74) is 0. The predicted molar refractivity (Wildman–Crippen MR) is 84.5 cm³/mol. The highest BCUT2D eigenvalue weighted by Gasteiger charge is 1.96. The van der Waals surface area contributed by atoms with E-state index in [1.807, 2.05) is 0 Å². The van der Waals surface area contributed by atoms with E-state index in [0.717, 1.165) is 26.1 Å². The zero-order valence-corrected chi connectivity index (χ0v) is 13.6. The number of aliphatic hydroxyl groups excluding tert-OH is 2. The van der Waals surface area contributed by atoms with E-state index in [0.29, 0.717) is 6.42 Å². The number of carboxylic acids is 1. The first-order valence-electron chi connectivity index (χ1n) is 8.20. The van der Waals surface area contributed by atoms with Crippen molar-refractivity contribution >= 4 is 5.97 Å². The summed E-state index contributed by atoms with van der Waals surface area (Å²) in [7, 11) is 0. The number of aliphatic carboxylic acids is 1. The van der Waals surface area contributed by atoms with E-state index in [-0.39, 0.29) is 13.2 Å². The molecular formula is C16H34O5. The summed E-state index contributed by atoms with van der Waals surface area (Å²) in [4.78, 5) is 10.2. The Kier molecular flexibility index (Phi) is 23.3. The maximum atomic E-state index is 10.2. The minimum atomic E-state index is -0.659. The second kappa shape index (κ2) is 21.6. The van der Waals surface area contributed by atoms with Crippen molar-refractivity contribution in [2.45, 2.75) is 71.1 Å². The fraction of sp³-hybridized carbons (Fsp3) is 0.938. The van der Waals surface area contributed by atoms with Crippen LogP contribution in [0.1, 0.15) is 71.1 Å². The number of ether oxygens (including phenoxy) is 1. The lowest BCUT2D eigenvalue weighted by atomic mass is 10.1. The number of carbonyl (C=O) groups is 1. The van der Waals surface area contributed by atoms with Gasteiger partial charge in [-0.05, 0) is 6.42 Å². The van der Waals surface area contributed by atoms with Gasteiger partial charge in [-0.15, -0.1) is 0 Å². The summed E-state index contributed by atoms with van der Waals surface area (Å²) < 4.78 is 4.50. The van der Waals surface area contributed by atoms with E-state index in [2.05, 4.69) is 11.7 Å². The van der Waals surface area contributed by atoms with Crippen molar-refractivity contribution in [1.82, 2.24) is 0 Å². The van der Waals surface area contributed by atoms with Gasteiger partial charge in [-0.2, -0.15) is 0 Å². The molecule has 5 nitrogen and oxygen atoms in total. The van der Waals surface area contributed by atoms with E-state index in [9.17, 15) is 4.79 Å². The molecule has 0 aromatic heterocycles. The third-order valence-electron chi connectivity index (χ3n) is 2.80. The number of rotatable bonds is 11. The van der Waals surface area contributed by atoms with E-state index in [1.54, 1.807) is 0 Å². The lowest BCUT2D eigenvalue weighted by Crippen LogP contribution is -1.93. The second-order valence-corrected chi connectivity index (χ2v) is 5.03. The minimum Gasteiger partial charge on any atom is -0.481 e. The van der Waals surface area contributed by atoms with Crippen molar-refractivity contribution in [3.05, 3.63) is 0 Å². The Morgan fingerprint density at radius 3 is 1.52 bits per heavy atom. The standard InChI is InChI=1S/C12H24O2.C2H6O2.C2H4O/c1-2-3-4-5-6-7-8-9-10-11-12(13)14;3-1-2-4;1-2-3-1/h2-11H2,1H3,(H,13,14);3-4H,1-2H2;1-2H2. The van der Waals surface area contributed by atoms with Crippen molar-refractivity contribution < 1.29 is 24.9 Å². The molecule has 0 atom stereocenters. The van der Waals surface area contributed by atoms with Gasteiger partial charge in [0, 0.05) is 6.42 Å². The fourth-order valence-corrected chi connectivity index (χ4v) is 1.59. The Morgan fingerprint density at radius 1 is 0.857 bits per heavy atom. The van der Waals surface area contributed by atoms with Crippen LogP contribution in [-0.2, 0) is 9.53 Å². The normalized spacial score (nSPS) is 11.8. The summed E-state index contributed by atoms with van der Waals surface area (Å²) in [6.07, 6.45) is 11.5. The van der Waals surface area contributed by atoms with Gasteiger partial charge in [-0.25, -0.2) is 0 Å². The zero-order valence-electron chi connectivity index (χ0n) is 13.6. The molecule has 3 N–H and O–H groups in total. The van der Waals surface area contributed by atoms with Crippen LogP contribution in [-0.4, -0.2) is 47.7 Å². The van der Waals surface area contributed by atoms with Gasteiger partial charge in [0.05, 0.1) is 26.4 Å². The molecule has 0 unspecified atom stereocenters. The van der Waals surface area contributed by atoms with Crippen LogP contribution in [0.4, 0.5) is 0 Å².